The van der Waals surface area contributed by atoms with Crippen LogP contribution in [0.4, 0.5) is 11.4 Å². The van der Waals surface area contributed by atoms with E-state index >= 15 is 0 Å². The molecule has 0 spiro atoms. The summed E-state index contributed by atoms with van der Waals surface area (Å²) in [5, 5.41) is 5.99. The van der Waals surface area contributed by atoms with Crippen molar-refractivity contribution >= 4 is 23.2 Å². The highest BCUT2D eigenvalue weighted by atomic mass is 16.2. The van der Waals surface area contributed by atoms with E-state index in [0.717, 1.165) is 5.56 Å². The lowest BCUT2D eigenvalue weighted by atomic mass is 10.1. The van der Waals surface area contributed by atoms with Crippen LogP contribution in [0.25, 0.3) is 0 Å². The van der Waals surface area contributed by atoms with Gasteiger partial charge in [-0.05, 0) is 35.9 Å². The van der Waals surface area contributed by atoms with Crippen LogP contribution in [0.1, 0.15) is 26.3 Å². The van der Waals surface area contributed by atoms with Crippen LogP contribution in [0.15, 0.2) is 67.3 Å². The third kappa shape index (κ3) is 4.21. The number of anilines is 2. The highest BCUT2D eigenvalue weighted by Gasteiger charge is 2.08. The van der Waals surface area contributed by atoms with Crippen molar-refractivity contribution in [2.75, 3.05) is 10.6 Å². The predicted octanol–water partition coefficient (Wildman–Crippen LogP) is 2.44. The Morgan fingerprint density at radius 3 is 2.31 bits per heavy atom. The first-order valence-corrected chi connectivity index (χ1v) is 7.91. The summed E-state index contributed by atoms with van der Waals surface area (Å²) >= 11 is 0. The van der Waals surface area contributed by atoms with Crippen LogP contribution < -0.4 is 16.4 Å². The second kappa shape index (κ2) is 7.89. The molecule has 0 saturated carbocycles. The van der Waals surface area contributed by atoms with Gasteiger partial charge in [0, 0.05) is 42.6 Å². The van der Waals surface area contributed by atoms with E-state index in [1.165, 1.54) is 6.20 Å². The molecule has 7 heteroatoms. The molecule has 0 aliphatic rings. The normalized spacial score (nSPS) is 10.2. The summed E-state index contributed by atoms with van der Waals surface area (Å²) in [5.41, 5.74) is 8.52. The zero-order valence-electron chi connectivity index (χ0n) is 13.8. The number of nitrogens with zero attached hydrogens (tertiary/aromatic N) is 2. The van der Waals surface area contributed by atoms with Gasteiger partial charge in [0.15, 0.2) is 0 Å². The lowest BCUT2D eigenvalue weighted by Gasteiger charge is -2.10. The second-order valence-corrected chi connectivity index (χ2v) is 5.53. The topological polar surface area (TPSA) is 110 Å². The molecule has 2 heterocycles. The fourth-order valence-corrected chi connectivity index (χ4v) is 2.35. The molecule has 0 saturated heterocycles. The minimum Gasteiger partial charge on any atom is -0.380 e. The summed E-state index contributed by atoms with van der Waals surface area (Å²) < 4.78 is 0. The van der Waals surface area contributed by atoms with Crippen LogP contribution in [0.3, 0.4) is 0 Å². The number of amides is 2. The van der Waals surface area contributed by atoms with E-state index in [4.69, 9.17) is 5.73 Å². The number of nitrogens with one attached hydrogen (secondary N) is 2. The molecule has 130 valence electrons. The second-order valence-electron chi connectivity index (χ2n) is 5.53. The molecule has 3 aromatic rings. The van der Waals surface area contributed by atoms with Crippen molar-refractivity contribution < 1.29 is 9.59 Å². The van der Waals surface area contributed by atoms with E-state index in [9.17, 15) is 9.59 Å². The Bertz CT molecular complexity index is 911. The summed E-state index contributed by atoms with van der Waals surface area (Å²) in [7, 11) is 0. The van der Waals surface area contributed by atoms with Crippen LogP contribution in [-0.2, 0) is 6.54 Å². The van der Waals surface area contributed by atoms with Crippen LogP contribution in [-0.4, -0.2) is 21.8 Å². The molecule has 0 aliphatic carbocycles. The Morgan fingerprint density at radius 2 is 1.62 bits per heavy atom. The molecule has 7 nitrogen and oxygen atoms in total. The average Bonchev–Trinajstić information content (AvgIpc) is 2.68. The van der Waals surface area contributed by atoms with Crippen molar-refractivity contribution in [1.82, 2.24) is 9.97 Å². The molecule has 0 unspecified atom stereocenters. The number of hydrogen-bond donors (Lipinski definition) is 3. The Kier molecular flexibility index (Phi) is 5.19. The number of nitrogens with two attached hydrogens (primary N) is 1. The number of primary amides is 1. The van der Waals surface area contributed by atoms with Gasteiger partial charge in [-0.2, -0.15) is 0 Å². The van der Waals surface area contributed by atoms with E-state index in [1.807, 2.05) is 24.3 Å². The fraction of sp³-hybridized carbons (Fsp3) is 0.0526. The molecule has 4 N–H and O–H groups in total. The van der Waals surface area contributed by atoms with Gasteiger partial charge in [0.25, 0.3) is 11.8 Å². The SMILES string of the molecule is NC(=O)c1cnccc1NCc1ccc(NC(=O)c2ccncc2)cc1. The first-order chi connectivity index (χ1) is 12.6. The van der Waals surface area contributed by atoms with Gasteiger partial charge in [-0.1, -0.05) is 12.1 Å². The zero-order valence-corrected chi connectivity index (χ0v) is 13.8. The van der Waals surface area contributed by atoms with Crippen molar-refractivity contribution in [3.05, 3.63) is 83.9 Å². The Morgan fingerprint density at radius 1 is 0.923 bits per heavy atom. The maximum atomic E-state index is 12.1. The summed E-state index contributed by atoms with van der Waals surface area (Å²) in [6.07, 6.45) is 6.17. The van der Waals surface area contributed by atoms with Gasteiger partial charge >= 0.3 is 0 Å². The van der Waals surface area contributed by atoms with Gasteiger partial charge in [-0.3, -0.25) is 19.6 Å². The first-order valence-electron chi connectivity index (χ1n) is 7.91. The monoisotopic (exact) mass is 347 g/mol. The summed E-state index contributed by atoms with van der Waals surface area (Å²) in [6.45, 7) is 0.503. The van der Waals surface area contributed by atoms with E-state index in [2.05, 4.69) is 20.6 Å². The van der Waals surface area contributed by atoms with E-state index in [-0.39, 0.29) is 5.91 Å². The van der Waals surface area contributed by atoms with Gasteiger partial charge in [0.2, 0.25) is 0 Å². The minimum absolute atomic E-state index is 0.193. The number of pyridine rings is 2. The van der Waals surface area contributed by atoms with Crippen molar-refractivity contribution in [2.24, 2.45) is 5.73 Å². The van der Waals surface area contributed by atoms with E-state index < -0.39 is 5.91 Å². The van der Waals surface area contributed by atoms with Gasteiger partial charge in [-0.25, -0.2) is 0 Å². The quantitative estimate of drug-likeness (QED) is 0.634. The van der Waals surface area contributed by atoms with Crippen LogP contribution >= 0.6 is 0 Å². The highest BCUT2D eigenvalue weighted by molar-refractivity contribution is 6.04. The Labute approximate surface area is 150 Å². The largest absolute Gasteiger partial charge is 0.380 e. The number of hydrogen-bond acceptors (Lipinski definition) is 5. The van der Waals surface area contributed by atoms with E-state index in [0.29, 0.717) is 29.0 Å². The standard InChI is InChI=1S/C19H17N5O2/c20-18(25)16-12-22-10-7-17(16)23-11-13-1-3-15(4-2-13)24-19(26)14-5-8-21-9-6-14/h1-10,12H,11H2,(H2,20,25)(H,22,23)(H,24,26). The highest BCUT2D eigenvalue weighted by Crippen LogP contribution is 2.16. The predicted molar refractivity (Wildman–Crippen MR) is 98.7 cm³/mol. The molecule has 1 aromatic carbocycles. The van der Waals surface area contributed by atoms with Crippen LogP contribution in [0.2, 0.25) is 0 Å². The fourth-order valence-electron chi connectivity index (χ4n) is 2.35. The molecular formula is C19H17N5O2. The minimum atomic E-state index is -0.533. The smallest absolute Gasteiger partial charge is 0.255 e. The Balaban J connectivity index is 1.62. The number of carbonyl (C=O) groups is 2. The molecular weight excluding hydrogens is 330 g/mol. The third-order valence-corrected chi connectivity index (χ3v) is 3.72. The Hall–Kier alpha value is -3.74. The van der Waals surface area contributed by atoms with Crippen molar-refractivity contribution in [1.29, 1.82) is 0 Å². The van der Waals surface area contributed by atoms with E-state index in [1.54, 1.807) is 36.8 Å². The molecule has 26 heavy (non-hydrogen) atoms. The number of benzene rings is 1. The van der Waals surface area contributed by atoms with Gasteiger partial charge < -0.3 is 16.4 Å². The molecule has 0 radical (unpaired) electrons. The molecule has 0 fully saturated rings. The maximum absolute atomic E-state index is 12.1. The van der Waals surface area contributed by atoms with Crippen molar-refractivity contribution in [3.63, 3.8) is 0 Å². The molecule has 0 aliphatic heterocycles. The van der Waals surface area contributed by atoms with Crippen LogP contribution in [0.5, 0.6) is 0 Å². The number of rotatable bonds is 6. The van der Waals surface area contributed by atoms with Crippen LogP contribution in [0, 0.1) is 0 Å². The van der Waals surface area contributed by atoms with Gasteiger partial charge in [-0.15, -0.1) is 0 Å². The van der Waals surface area contributed by atoms with Crippen molar-refractivity contribution in [2.45, 2.75) is 6.54 Å². The molecule has 2 amide bonds. The first kappa shape index (κ1) is 17.1. The number of aromatic nitrogens is 2. The number of carbonyl (C=O) groups excluding carboxylic acids is 2. The summed E-state index contributed by atoms with van der Waals surface area (Å²) in [4.78, 5) is 31.3. The summed E-state index contributed by atoms with van der Waals surface area (Å²) in [6, 6.07) is 12.4. The van der Waals surface area contributed by atoms with Gasteiger partial charge in [0.1, 0.15) is 0 Å². The molecule has 0 bridgehead atoms. The average molecular weight is 347 g/mol. The summed E-state index contributed by atoms with van der Waals surface area (Å²) in [5.74, 6) is -0.726. The molecule has 3 rings (SSSR count). The lowest BCUT2D eigenvalue weighted by Crippen LogP contribution is -2.14. The molecule has 2 aromatic heterocycles. The molecule has 0 atom stereocenters. The lowest BCUT2D eigenvalue weighted by molar-refractivity contribution is 0.0998. The zero-order chi connectivity index (χ0) is 18.4. The third-order valence-electron chi connectivity index (χ3n) is 3.72. The maximum Gasteiger partial charge on any atom is 0.255 e. The van der Waals surface area contributed by atoms with Gasteiger partial charge in [0.05, 0.1) is 11.3 Å². The van der Waals surface area contributed by atoms with Crippen molar-refractivity contribution in [3.8, 4) is 0 Å².